The lowest BCUT2D eigenvalue weighted by Gasteiger charge is -2.28. The second-order valence-corrected chi connectivity index (χ2v) is 9.61. The van der Waals surface area contributed by atoms with Gasteiger partial charge in [0.05, 0.1) is 19.8 Å². The summed E-state index contributed by atoms with van der Waals surface area (Å²) in [6, 6.07) is 5.73. The van der Waals surface area contributed by atoms with E-state index in [-0.39, 0.29) is 6.04 Å². The van der Waals surface area contributed by atoms with Gasteiger partial charge in [0.25, 0.3) is 0 Å². The first-order valence-electron chi connectivity index (χ1n) is 12.6. The van der Waals surface area contributed by atoms with Crippen molar-refractivity contribution < 1.29 is 19.3 Å². The van der Waals surface area contributed by atoms with Crippen LogP contribution in [0.4, 0.5) is 0 Å². The maximum atomic E-state index is 10.6. The summed E-state index contributed by atoms with van der Waals surface area (Å²) in [6.07, 6.45) is 5.14. The van der Waals surface area contributed by atoms with Crippen molar-refractivity contribution in [2.75, 3.05) is 40.5 Å². The maximum Gasteiger partial charge on any atom is 0.166 e. The van der Waals surface area contributed by atoms with Crippen LogP contribution in [-0.4, -0.2) is 62.9 Å². The van der Waals surface area contributed by atoms with E-state index in [1.54, 1.807) is 14.2 Å². The van der Waals surface area contributed by atoms with Gasteiger partial charge in [0.2, 0.25) is 0 Å². The van der Waals surface area contributed by atoms with Gasteiger partial charge in [-0.1, -0.05) is 39.7 Å². The SMILES string of the molecule is CCCCCNC(=S)NC[C@H](O)[C@@H](N)C[C@H](Cc1ccc(OC)c(OCCCOC)c1)C(C)C. The molecule has 0 aliphatic rings. The van der Waals surface area contributed by atoms with E-state index >= 15 is 0 Å². The smallest absolute Gasteiger partial charge is 0.166 e. The van der Waals surface area contributed by atoms with Crippen LogP contribution in [0.3, 0.4) is 0 Å². The summed E-state index contributed by atoms with van der Waals surface area (Å²) in [4.78, 5) is 0. The Kier molecular flexibility index (Phi) is 15.9. The summed E-state index contributed by atoms with van der Waals surface area (Å²) >= 11 is 5.30. The predicted molar refractivity (Wildman–Crippen MR) is 144 cm³/mol. The Morgan fingerprint density at radius 3 is 2.50 bits per heavy atom. The quantitative estimate of drug-likeness (QED) is 0.180. The van der Waals surface area contributed by atoms with E-state index in [0.717, 1.165) is 37.3 Å². The van der Waals surface area contributed by atoms with Gasteiger partial charge in [-0.05, 0) is 61.0 Å². The molecule has 0 saturated carbocycles. The normalized spacial score (nSPS) is 13.9. The van der Waals surface area contributed by atoms with Gasteiger partial charge >= 0.3 is 0 Å². The van der Waals surface area contributed by atoms with Gasteiger partial charge in [-0.25, -0.2) is 0 Å². The molecule has 0 aromatic heterocycles. The largest absolute Gasteiger partial charge is 0.493 e. The fourth-order valence-electron chi connectivity index (χ4n) is 3.73. The third kappa shape index (κ3) is 12.2. The van der Waals surface area contributed by atoms with Crippen LogP contribution in [0.2, 0.25) is 0 Å². The summed E-state index contributed by atoms with van der Waals surface area (Å²) < 4.78 is 16.5. The van der Waals surface area contributed by atoms with Crippen LogP contribution < -0.4 is 25.8 Å². The molecule has 0 unspecified atom stereocenters. The third-order valence-corrected chi connectivity index (χ3v) is 6.31. The topological polar surface area (TPSA) is 98.0 Å². The Morgan fingerprint density at radius 2 is 1.85 bits per heavy atom. The van der Waals surface area contributed by atoms with E-state index in [9.17, 15) is 5.11 Å². The molecule has 0 heterocycles. The number of thiocarbonyl (C=S) groups is 1. The number of aliphatic hydroxyl groups is 1. The minimum atomic E-state index is -0.674. The lowest BCUT2D eigenvalue weighted by Crippen LogP contribution is -2.47. The predicted octanol–water partition coefficient (Wildman–Crippen LogP) is 3.66. The van der Waals surface area contributed by atoms with Crippen molar-refractivity contribution >= 4 is 17.3 Å². The van der Waals surface area contributed by atoms with Gasteiger partial charge in [-0.3, -0.25) is 0 Å². The Morgan fingerprint density at radius 1 is 1.09 bits per heavy atom. The molecule has 0 spiro atoms. The van der Waals surface area contributed by atoms with Gasteiger partial charge in [0.1, 0.15) is 0 Å². The Labute approximate surface area is 212 Å². The first kappa shape index (κ1) is 30.4. The molecule has 7 nitrogen and oxygen atoms in total. The average molecular weight is 498 g/mol. The van der Waals surface area contributed by atoms with Gasteiger partial charge in [-0.15, -0.1) is 0 Å². The second-order valence-electron chi connectivity index (χ2n) is 9.20. The number of ether oxygens (including phenoxy) is 3. The van der Waals surface area contributed by atoms with Crippen LogP contribution in [0.5, 0.6) is 11.5 Å². The van der Waals surface area contributed by atoms with Crippen LogP contribution >= 0.6 is 12.2 Å². The molecule has 34 heavy (non-hydrogen) atoms. The Balaban J connectivity index is 2.63. The zero-order valence-electron chi connectivity index (χ0n) is 21.8. The molecule has 196 valence electrons. The Hall–Kier alpha value is -1.61. The van der Waals surface area contributed by atoms with Gasteiger partial charge in [0.15, 0.2) is 16.6 Å². The van der Waals surface area contributed by atoms with Crippen LogP contribution in [0.1, 0.15) is 58.4 Å². The van der Waals surface area contributed by atoms with Crippen molar-refractivity contribution in [2.24, 2.45) is 17.6 Å². The minimum Gasteiger partial charge on any atom is -0.493 e. The van der Waals surface area contributed by atoms with Gasteiger partial charge in [-0.2, -0.15) is 0 Å². The monoisotopic (exact) mass is 497 g/mol. The standard InChI is InChI=1S/C26H47N3O4S/c1-6-7-8-12-28-26(34)29-18-23(30)22(27)17-21(19(2)3)15-20-10-11-24(32-5)25(16-20)33-14-9-13-31-4/h10-11,16,19,21-23,30H,6-9,12-15,17-18,27H2,1-5H3,(H2,28,29,34)/t21-,22-,23-/m0/s1. The molecule has 0 radical (unpaired) electrons. The summed E-state index contributed by atoms with van der Waals surface area (Å²) in [7, 11) is 3.33. The summed E-state index contributed by atoms with van der Waals surface area (Å²) in [5.41, 5.74) is 7.56. The third-order valence-electron chi connectivity index (χ3n) is 6.03. The average Bonchev–Trinajstić information content (AvgIpc) is 2.82. The number of hydrogen-bond donors (Lipinski definition) is 4. The molecule has 0 aliphatic heterocycles. The molecule has 0 saturated heterocycles. The van der Waals surface area contributed by atoms with Crippen LogP contribution in [-0.2, 0) is 11.2 Å². The molecule has 8 heteroatoms. The van der Waals surface area contributed by atoms with Crippen molar-refractivity contribution in [3.05, 3.63) is 23.8 Å². The lowest BCUT2D eigenvalue weighted by molar-refractivity contribution is 0.129. The van der Waals surface area contributed by atoms with E-state index in [4.69, 9.17) is 32.2 Å². The number of methoxy groups -OCH3 is 2. The first-order chi connectivity index (χ1) is 16.3. The highest BCUT2D eigenvalue weighted by molar-refractivity contribution is 7.80. The number of benzene rings is 1. The maximum absolute atomic E-state index is 10.6. The molecule has 0 bridgehead atoms. The number of nitrogens with two attached hydrogens (primary N) is 1. The summed E-state index contributed by atoms with van der Waals surface area (Å²) in [5, 5.41) is 17.4. The number of aliphatic hydroxyl groups excluding tert-OH is 1. The highest BCUT2D eigenvalue weighted by Gasteiger charge is 2.23. The van der Waals surface area contributed by atoms with Crippen molar-refractivity contribution in [1.82, 2.24) is 10.6 Å². The molecule has 0 aliphatic carbocycles. The molecule has 5 N–H and O–H groups in total. The van der Waals surface area contributed by atoms with Crippen molar-refractivity contribution in [1.29, 1.82) is 0 Å². The van der Waals surface area contributed by atoms with Crippen LogP contribution in [0.25, 0.3) is 0 Å². The highest BCUT2D eigenvalue weighted by atomic mass is 32.1. The second kappa shape index (κ2) is 17.8. The van der Waals surface area contributed by atoms with E-state index in [1.165, 1.54) is 18.4 Å². The van der Waals surface area contributed by atoms with Crippen molar-refractivity contribution in [3.63, 3.8) is 0 Å². The van der Waals surface area contributed by atoms with E-state index < -0.39 is 6.10 Å². The first-order valence-corrected chi connectivity index (χ1v) is 13.0. The Bertz CT molecular complexity index is 690. The molecule has 1 aromatic carbocycles. The fourth-order valence-corrected chi connectivity index (χ4v) is 3.92. The van der Waals surface area contributed by atoms with Crippen molar-refractivity contribution in [2.45, 2.75) is 71.4 Å². The molecular formula is C26H47N3O4S. The van der Waals surface area contributed by atoms with E-state index in [0.29, 0.717) is 43.1 Å². The van der Waals surface area contributed by atoms with Gasteiger partial charge < -0.3 is 35.7 Å². The number of unbranched alkanes of at least 4 members (excludes halogenated alkanes) is 2. The molecule has 3 atom stereocenters. The summed E-state index contributed by atoms with van der Waals surface area (Å²) in [6.45, 7) is 8.98. The van der Waals surface area contributed by atoms with Gasteiger partial charge in [0, 0.05) is 39.3 Å². The van der Waals surface area contributed by atoms with Crippen molar-refractivity contribution in [3.8, 4) is 11.5 Å². The fraction of sp³-hybridized carbons (Fsp3) is 0.731. The number of hydrogen-bond acceptors (Lipinski definition) is 6. The number of rotatable bonds is 18. The number of nitrogens with one attached hydrogen (secondary N) is 2. The molecule has 0 fully saturated rings. The molecule has 1 aromatic rings. The highest BCUT2D eigenvalue weighted by Crippen LogP contribution is 2.31. The van der Waals surface area contributed by atoms with E-state index in [1.807, 2.05) is 12.1 Å². The van der Waals surface area contributed by atoms with Crippen LogP contribution in [0.15, 0.2) is 18.2 Å². The summed E-state index contributed by atoms with van der Waals surface area (Å²) in [5.74, 6) is 2.20. The zero-order chi connectivity index (χ0) is 25.3. The minimum absolute atomic E-state index is 0.318. The zero-order valence-corrected chi connectivity index (χ0v) is 22.6. The lowest BCUT2D eigenvalue weighted by atomic mass is 9.83. The molecular weight excluding hydrogens is 450 g/mol. The van der Waals surface area contributed by atoms with E-state index in [2.05, 4.69) is 37.5 Å². The molecule has 0 amide bonds. The van der Waals surface area contributed by atoms with Crippen LogP contribution in [0, 0.1) is 11.8 Å². The molecule has 1 rings (SSSR count).